The van der Waals surface area contributed by atoms with Crippen LogP contribution in [-0.2, 0) is 4.74 Å². The zero-order chi connectivity index (χ0) is 12.4. The molecule has 0 bridgehead atoms. The van der Waals surface area contributed by atoms with Crippen molar-refractivity contribution < 1.29 is 29.9 Å². The van der Waals surface area contributed by atoms with E-state index in [1.54, 1.807) is 17.5 Å². The molecule has 1 aromatic rings. The molecule has 0 spiro atoms. The largest absolute Gasteiger partial charge is 0.452 e. The maximum atomic E-state index is 9.68. The minimum Gasteiger partial charge on any atom is -0.452 e. The Morgan fingerprint density at radius 2 is 2.00 bits per heavy atom. The van der Waals surface area contributed by atoms with E-state index in [1.807, 2.05) is 0 Å². The van der Waals surface area contributed by atoms with Crippen LogP contribution in [0.15, 0.2) is 17.5 Å². The zero-order valence-electron chi connectivity index (χ0n) is 8.84. The summed E-state index contributed by atoms with van der Waals surface area (Å²) in [7, 11) is 0. The van der Waals surface area contributed by atoms with Crippen molar-refractivity contribution >= 4 is 11.3 Å². The zero-order valence-corrected chi connectivity index (χ0v) is 9.66. The highest BCUT2D eigenvalue weighted by molar-refractivity contribution is 7.11. The number of aliphatic hydroxyl groups excluding tert-OH is 4. The lowest BCUT2D eigenvalue weighted by Gasteiger charge is -2.39. The van der Waals surface area contributed by atoms with Gasteiger partial charge in [0.05, 0.1) is 6.61 Å². The monoisotopic (exact) mass is 262 g/mol. The molecule has 0 aromatic carbocycles. The van der Waals surface area contributed by atoms with Gasteiger partial charge in [-0.1, -0.05) is 0 Å². The van der Waals surface area contributed by atoms with Crippen molar-refractivity contribution in [2.45, 2.75) is 30.7 Å². The number of rotatable bonds is 3. The van der Waals surface area contributed by atoms with Gasteiger partial charge in [0.15, 0.2) is 5.06 Å². The first-order valence-corrected chi connectivity index (χ1v) is 6.02. The summed E-state index contributed by atoms with van der Waals surface area (Å²) < 4.78 is 10.5. The second-order valence-corrected chi connectivity index (χ2v) is 4.66. The molecule has 17 heavy (non-hydrogen) atoms. The van der Waals surface area contributed by atoms with Crippen LogP contribution in [0.3, 0.4) is 0 Å². The fourth-order valence-electron chi connectivity index (χ4n) is 1.61. The molecule has 6 nitrogen and oxygen atoms in total. The van der Waals surface area contributed by atoms with Crippen molar-refractivity contribution in [3.05, 3.63) is 17.5 Å². The van der Waals surface area contributed by atoms with Crippen LogP contribution in [0, 0.1) is 0 Å². The highest BCUT2D eigenvalue weighted by atomic mass is 32.1. The van der Waals surface area contributed by atoms with Gasteiger partial charge in [0, 0.05) is 0 Å². The van der Waals surface area contributed by atoms with Gasteiger partial charge in [-0.15, -0.1) is 11.3 Å². The summed E-state index contributed by atoms with van der Waals surface area (Å²) >= 11 is 1.31. The summed E-state index contributed by atoms with van der Waals surface area (Å²) in [5, 5.41) is 40.1. The third-order valence-electron chi connectivity index (χ3n) is 2.58. The molecule has 5 atom stereocenters. The van der Waals surface area contributed by atoms with Gasteiger partial charge in [-0.2, -0.15) is 0 Å². The van der Waals surface area contributed by atoms with E-state index in [0.29, 0.717) is 5.06 Å². The molecular formula is C10H14O6S. The van der Waals surface area contributed by atoms with Crippen molar-refractivity contribution in [2.24, 2.45) is 0 Å². The van der Waals surface area contributed by atoms with Gasteiger partial charge in [0.1, 0.15) is 24.4 Å². The fourth-order valence-corrected chi connectivity index (χ4v) is 2.21. The molecule has 1 aliphatic heterocycles. The van der Waals surface area contributed by atoms with E-state index in [0.717, 1.165) is 0 Å². The van der Waals surface area contributed by atoms with Crippen molar-refractivity contribution in [2.75, 3.05) is 6.61 Å². The third-order valence-corrected chi connectivity index (χ3v) is 3.33. The maximum Gasteiger partial charge on any atom is 0.230 e. The van der Waals surface area contributed by atoms with Crippen molar-refractivity contribution in [3.8, 4) is 5.06 Å². The van der Waals surface area contributed by atoms with Gasteiger partial charge >= 0.3 is 0 Å². The van der Waals surface area contributed by atoms with Crippen molar-refractivity contribution in [1.29, 1.82) is 0 Å². The molecule has 1 aromatic heterocycles. The van der Waals surface area contributed by atoms with E-state index in [2.05, 4.69) is 0 Å². The molecule has 0 amide bonds. The summed E-state index contributed by atoms with van der Waals surface area (Å²) in [6, 6.07) is 3.45. The van der Waals surface area contributed by atoms with Crippen LogP contribution < -0.4 is 4.74 Å². The lowest BCUT2D eigenvalue weighted by molar-refractivity contribution is -0.276. The molecule has 2 rings (SSSR count). The molecule has 1 fully saturated rings. The Morgan fingerprint density at radius 3 is 2.59 bits per heavy atom. The topological polar surface area (TPSA) is 99.4 Å². The molecular weight excluding hydrogens is 248 g/mol. The van der Waals surface area contributed by atoms with Gasteiger partial charge in [-0.05, 0) is 17.5 Å². The predicted molar refractivity (Wildman–Crippen MR) is 58.7 cm³/mol. The Labute approximate surface area is 102 Å². The SMILES string of the molecule is OC[C@H]1OC(Oc2cccs2)[C@@H](O)[C@@H](O)[C@@H]1O. The number of hydrogen-bond acceptors (Lipinski definition) is 7. The molecule has 2 heterocycles. The van der Waals surface area contributed by atoms with Gasteiger partial charge in [0.2, 0.25) is 6.29 Å². The predicted octanol–water partition coefficient (Wildman–Crippen LogP) is -1.07. The second-order valence-electron chi connectivity index (χ2n) is 3.75. The molecule has 0 saturated carbocycles. The molecule has 96 valence electrons. The molecule has 0 aliphatic carbocycles. The number of aliphatic hydroxyl groups is 4. The number of thiophene rings is 1. The smallest absolute Gasteiger partial charge is 0.230 e. The van der Waals surface area contributed by atoms with E-state index >= 15 is 0 Å². The quantitative estimate of drug-likeness (QED) is 0.553. The standard InChI is InChI=1S/C10H14O6S/c11-4-5-7(12)8(13)9(14)10(15-5)16-6-2-1-3-17-6/h1-3,5,7-14H,4H2/t5-,7-,8+,9+,10?/m1/s1. The Bertz CT molecular complexity index is 341. The van der Waals surface area contributed by atoms with E-state index in [9.17, 15) is 15.3 Å². The Hall–Kier alpha value is -0.700. The fraction of sp³-hybridized carbons (Fsp3) is 0.600. The van der Waals surface area contributed by atoms with Crippen LogP contribution in [0.5, 0.6) is 5.06 Å². The molecule has 7 heteroatoms. The van der Waals surface area contributed by atoms with Gasteiger partial charge in [-0.25, -0.2) is 0 Å². The van der Waals surface area contributed by atoms with Crippen molar-refractivity contribution in [1.82, 2.24) is 0 Å². The van der Waals surface area contributed by atoms with Gasteiger partial charge in [0.25, 0.3) is 0 Å². The average Bonchev–Trinajstić information content (AvgIpc) is 2.83. The van der Waals surface area contributed by atoms with Crippen molar-refractivity contribution in [3.63, 3.8) is 0 Å². The first-order valence-electron chi connectivity index (χ1n) is 5.14. The van der Waals surface area contributed by atoms with E-state index in [4.69, 9.17) is 14.6 Å². The Balaban J connectivity index is 2.06. The maximum absolute atomic E-state index is 9.68. The minimum atomic E-state index is -1.41. The lowest BCUT2D eigenvalue weighted by Crippen LogP contribution is -2.60. The summed E-state index contributed by atoms with van der Waals surface area (Å²) in [6.07, 6.45) is -6.19. The van der Waals surface area contributed by atoms with Crippen LogP contribution in [0.4, 0.5) is 0 Å². The van der Waals surface area contributed by atoms with Gasteiger partial charge < -0.3 is 29.9 Å². The average molecular weight is 262 g/mol. The normalized spacial score (nSPS) is 38.0. The van der Waals surface area contributed by atoms with Crippen LogP contribution >= 0.6 is 11.3 Å². The molecule has 1 aliphatic rings. The van der Waals surface area contributed by atoms with E-state index in [1.165, 1.54) is 11.3 Å². The molecule has 0 radical (unpaired) electrons. The van der Waals surface area contributed by atoms with E-state index in [-0.39, 0.29) is 0 Å². The second kappa shape index (κ2) is 5.30. The van der Waals surface area contributed by atoms with Crippen LogP contribution in [0.1, 0.15) is 0 Å². The first kappa shape index (κ1) is 12.7. The van der Waals surface area contributed by atoms with Crippen LogP contribution in [0.2, 0.25) is 0 Å². The lowest BCUT2D eigenvalue weighted by atomic mass is 9.99. The molecule has 1 unspecified atom stereocenters. The van der Waals surface area contributed by atoms with Crippen LogP contribution in [0.25, 0.3) is 0 Å². The number of hydrogen-bond donors (Lipinski definition) is 4. The number of ether oxygens (including phenoxy) is 2. The summed E-state index contributed by atoms with van der Waals surface area (Å²) in [5.74, 6) is 0. The van der Waals surface area contributed by atoms with Gasteiger partial charge in [-0.3, -0.25) is 0 Å². The minimum absolute atomic E-state index is 0.463. The summed E-state index contributed by atoms with van der Waals surface area (Å²) in [4.78, 5) is 0. The molecule has 4 N–H and O–H groups in total. The summed E-state index contributed by atoms with van der Waals surface area (Å²) in [5.41, 5.74) is 0. The Morgan fingerprint density at radius 1 is 1.24 bits per heavy atom. The molecule has 1 saturated heterocycles. The first-order chi connectivity index (χ1) is 8.13. The highest BCUT2D eigenvalue weighted by Gasteiger charge is 2.44. The van der Waals surface area contributed by atoms with Crippen LogP contribution in [-0.4, -0.2) is 57.7 Å². The highest BCUT2D eigenvalue weighted by Crippen LogP contribution is 2.26. The third kappa shape index (κ3) is 2.59. The summed E-state index contributed by atoms with van der Waals surface area (Å²) in [6.45, 7) is -0.463. The Kier molecular flexibility index (Phi) is 3.97. The van der Waals surface area contributed by atoms with E-state index < -0.39 is 37.3 Å².